The molecule has 0 atom stereocenters. The Labute approximate surface area is 75.1 Å². The molecule has 1 heterocycles. The van der Waals surface area contributed by atoms with E-state index < -0.39 is 5.91 Å². The van der Waals surface area contributed by atoms with E-state index in [0.717, 1.165) is 0 Å². The lowest BCUT2D eigenvalue weighted by molar-refractivity contribution is 0.0868. The Morgan fingerprint density at radius 2 is 2.31 bits per heavy atom. The van der Waals surface area contributed by atoms with E-state index in [1.165, 1.54) is 19.5 Å². The maximum atomic E-state index is 11.3. The highest BCUT2D eigenvalue weighted by Gasteiger charge is 2.10. The quantitative estimate of drug-likeness (QED) is 0.609. The lowest BCUT2D eigenvalue weighted by Gasteiger charge is -2.03. The Kier molecular flexibility index (Phi) is 3.15. The molecule has 3 N–H and O–H groups in total. The summed E-state index contributed by atoms with van der Waals surface area (Å²) >= 11 is 0. The number of aromatic nitrogens is 2. The molecule has 1 amide bonds. The van der Waals surface area contributed by atoms with E-state index in [1.54, 1.807) is 0 Å². The molecule has 6 nitrogen and oxygen atoms in total. The number of carbonyl (C=O) groups excluding carboxylic acids is 1. The molecule has 0 saturated carbocycles. The summed E-state index contributed by atoms with van der Waals surface area (Å²) in [5.41, 5.74) is 5.53. The van der Waals surface area contributed by atoms with Gasteiger partial charge in [0.1, 0.15) is 6.73 Å². The number of amides is 1. The number of nitrogen functional groups attached to an aromatic ring is 1. The number of nitrogens with one attached hydrogen (secondary N) is 1. The molecule has 0 aliphatic rings. The van der Waals surface area contributed by atoms with E-state index in [-0.39, 0.29) is 18.2 Å². The number of anilines is 1. The fraction of sp³-hybridized carbons (Fsp3) is 0.286. The van der Waals surface area contributed by atoms with Crippen molar-refractivity contribution >= 4 is 11.7 Å². The average molecular weight is 182 g/mol. The third-order valence-corrected chi connectivity index (χ3v) is 1.32. The Balaban J connectivity index is 2.71. The summed E-state index contributed by atoms with van der Waals surface area (Å²) in [5.74, 6) is -0.288. The van der Waals surface area contributed by atoms with Crippen LogP contribution in [-0.2, 0) is 4.74 Å². The van der Waals surface area contributed by atoms with Gasteiger partial charge in [-0.25, -0.2) is 9.97 Å². The van der Waals surface area contributed by atoms with Gasteiger partial charge in [0.2, 0.25) is 0 Å². The highest BCUT2D eigenvalue weighted by molar-refractivity contribution is 5.96. The van der Waals surface area contributed by atoms with Gasteiger partial charge in [-0.1, -0.05) is 0 Å². The smallest absolute Gasteiger partial charge is 0.275 e. The van der Waals surface area contributed by atoms with E-state index in [0.29, 0.717) is 0 Å². The van der Waals surface area contributed by atoms with Crippen molar-refractivity contribution in [2.24, 2.45) is 0 Å². The molecule has 0 radical (unpaired) electrons. The number of nitrogens with zero attached hydrogens (tertiary/aromatic N) is 2. The number of methoxy groups -OCH3 is 1. The van der Waals surface area contributed by atoms with Crippen LogP contribution in [0.25, 0.3) is 0 Å². The molecule has 6 heteroatoms. The number of rotatable bonds is 3. The van der Waals surface area contributed by atoms with Crippen molar-refractivity contribution in [3.8, 4) is 0 Å². The van der Waals surface area contributed by atoms with Crippen LogP contribution < -0.4 is 11.1 Å². The maximum absolute atomic E-state index is 11.3. The van der Waals surface area contributed by atoms with Crippen LogP contribution in [0.5, 0.6) is 0 Å². The summed E-state index contributed by atoms with van der Waals surface area (Å²) in [5, 5.41) is 2.45. The van der Waals surface area contributed by atoms with Crippen LogP contribution in [0.15, 0.2) is 12.4 Å². The molecule has 1 rings (SSSR count). The Hall–Kier alpha value is -1.69. The molecule has 13 heavy (non-hydrogen) atoms. The van der Waals surface area contributed by atoms with Crippen molar-refractivity contribution in [3.63, 3.8) is 0 Å². The molecule has 0 saturated heterocycles. The Morgan fingerprint density at radius 1 is 1.62 bits per heavy atom. The van der Waals surface area contributed by atoms with Gasteiger partial charge >= 0.3 is 0 Å². The van der Waals surface area contributed by atoms with E-state index in [9.17, 15) is 4.79 Å². The van der Waals surface area contributed by atoms with Crippen molar-refractivity contribution in [2.45, 2.75) is 0 Å². The first-order chi connectivity index (χ1) is 6.25. The van der Waals surface area contributed by atoms with Crippen molar-refractivity contribution in [2.75, 3.05) is 19.6 Å². The van der Waals surface area contributed by atoms with Gasteiger partial charge in [0.25, 0.3) is 5.91 Å². The zero-order chi connectivity index (χ0) is 9.68. The van der Waals surface area contributed by atoms with Gasteiger partial charge in [-0.15, -0.1) is 0 Å². The lowest BCUT2D eigenvalue weighted by Crippen LogP contribution is -2.27. The van der Waals surface area contributed by atoms with Gasteiger partial charge in [0, 0.05) is 19.5 Å². The van der Waals surface area contributed by atoms with Crippen LogP contribution in [0.4, 0.5) is 5.82 Å². The van der Waals surface area contributed by atoms with Gasteiger partial charge in [-0.2, -0.15) is 0 Å². The first kappa shape index (κ1) is 9.40. The van der Waals surface area contributed by atoms with Crippen molar-refractivity contribution in [1.82, 2.24) is 15.3 Å². The topological polar surface area (TPSA) is 90.1 Å². The number of nitrogens with two attached hydrogens (primary N) is 1. The number of hydrogen-bond acceptors (Lipinski definition) is 5. The predicted molar refractivity (Wildman–Crippen MR) is 45.8 cm³/mol. The average Bonchev–Trinajstić information content (AvgIpc) is 2.15. The fourth-order valence-corrected chi connectivity index (χ4v) is 0.745. The second-order valence-corrected chi connectivity index (χ2v) is 2.23. The monoisotopic (exact) mass is 182 g/mol. The van der Waals surface area contributed by atoms with Crippen LogP contribution in [0.3, 0.4) is 0 Å². The first-order valence-electron chi connectivity index (χ1n) is 3.59. The fourth-order valence-electron chi connectivity index (χ4n) is 0.745. The lowest BCUT2D eigenvalue weighted by atomic mass is 10.4. The Bertz CT molecular complexity index is 302. The highest BCUT2D eigenvalue weighted by Crippen LogP contribution is 2.01. The zero-order valence-electron chi connectivity index (χ0n) is 7.15. The minimum absolute atomic E-state index is 0.108. The second kappa shape index (κ2) is 4.36. The molecule has 0 spiro atoms. The predicted octanol–water partition coefficient (Wildman–Crippen LogP) is -0.608. The summed E-state index contributed by atoms with van der Waals surface area (Å²) in [6.07, 6.45) is 2.82. The number of hydrogen-bond donors (Lipinski definition) is 2. The summed E-state index contributed by atoms with van der Waals surface area (Å²) in [6, 6.07) is 0. The minimum Gasteiger partial charge on any atom is -0.382 e. The summed E-state index contributed by atoms with van der Waals surface area (Å²) < 4.78 is 4.65. The first-order valence-corrected chi connectivity index (χ1v) is 3.59. The molecule has 1 aromatic rings. The third kappa shape index (κ3) is 2.38. The van der Waals surface area contributed by atoms with Crippen LogP contribution in [0.1, 0.15) is 10.5 Å². The molecule has 0 fully saturated rings. The van der Waals surface area contributed by atoms with Crippen LogP contribution in [-0.4, -0.2) is 29.7 Å². The van der Waals surface area contributed by atoms with Crippen molar-refractivity contribution < 1.29 is 9.53 Å². The molecule has 0 aliphatic heterocycles. The van der Waals surface area contributed by atoms with E-state index >= 15 is 0 Å². The molecule has 0 bridgehead atoms. The van der Waals surface area contributed by atoms with E-state index in [4.69, 9.17) is 5.73 Å². The number of carbonyl (C=O) groups is 1. The second-order valence-electron chi connectivity index (χ2n) is 2.23. The van der Waals surface area contributed by atoms with Crippen LogP contribution in [0.2, 0.25) is 0 Å². The summed E-state index contributed by atoms with van der Waals surface area (Å²) in [6.45, 7) is 0.120. The van der Waals surface area contributed by atoms with Gasteiger partial charge in [0.05, 0.1) is 0 Å². The third-order valence-electron chi connectivity index (χ3n) is 1.32. The van der Waals surface area contributed by atoms with Crippen LogP contribution in [0, 0.1) is 0 Å². The highest BCUT2D eigenvalue weighted by atomic mass is 16.5. The normalized spacial score (nSPS) is 9.62. The molecule has 1 aromatic heterocycles. The Morgan fingerprint density at radius 3 is 2.92 bits per heavy atom. The largest absolute Gasteiger partial charge is 0.382 e. The van der Waals surface area contributed by atoms with Crippen LogP contribution >= 0.6 is 0 Å². The van der Waals surface area contributed by atoms with Gasteiger partial charge in [-0.3, -0.25) is 4.79 Å². The SMILES string of the molecule is COCNC(=O)c1nccnc1N. The zero-order valence-corrected chi connectivity index (χ0v) is 7.15. The molecule has 0 aliphatic carbocycles. The summed E-state index contributed by atoms with van der Waals surface area (Å²) in [4.78, 5) is 18.7. The van der Waals surface area contributed by atoms with Crippen molar-refractivity contribution in [3.05, 3.63) is 18.1 Å². The molecular formula is C7H10N4O2. The van der Waals surface area contributed by atoms with Gasteiger partial charge in [0.15, 0.2) is 11.5 Å². The van der Waals surface area contributed by atoms with Crippen molar-refractivity contribution in [1.29, 1.82) is 0 Å². The molecule has 70 valence electrons. The van der Waals surface area contributed by atoms with Gasteiger partial charge < -0.3 is 15.8 Å². The molecule has 0 aromatic carbocycles. The maximum Gasteiger partial charge on any atom is 0.275 e. The molecular weight excluding hydrogens is 172 g/mol. The molecule has 0 unspecified atom stereocenters. The van der Waals surface area contributed by atoms with E-state index in [1.807, 2.05) is 0 Å². The standard InChI is InChI=1S/C7H10N4O2/c1-13-4-11-7(12)5-6(8)10-3-2-9-5/h2-3H,4H2,1H3,(H2,8,10)(H,11,12). The summed E-state index contributed by atoms with van der Waals surface area (Å²) in [7, 11) is 1.47. The number of ether oxygens (including phenoxy) is 1. The van der Waals surface area contributed by atoms with Gasteiger partial charge in [-0.05, 0) is 0 Å². The van der Waals surface area contributed by atoms with E-state index in [2.05, 4.69) is 20.0 Å². The minimum atomic E-state index is -0.396.